The van der Waals surface area contributed by atoms with Gasteiger partial charge in [0.15, 0.2) is 11.6 Å². The number of benzene rings is 3. The zero-order valence-electron chi connectivity index (χ0n) is 30.7. The van der Waals surface area contributed by atoms with E-state index in [1.54, 1.807) is 18.3 Å². The van der Waals surface area contributed by atoms with Gasteiger partial charge in [0, 0.05) is 74.0 Å². The van der Waals surface area contributed by atoms with E-state index in [0.29, 0.717) is 43.4 Å². The molecule has 6 rings (SSSR count). The van der Waals surface area contributed by atoms with E-state index in [0.717, 1.165) is 55.1 Å². The van der Waals surface area contributed by atoms with Crippen LogP contribution in [0.1, 0.15) is 48.2 Å². The van der Waals surface area contributed by atoms with E-state index in [2.05, 4.69) is 52.3 Å². The largest absolute Gasteiger partial charge is 0.346 e. The maximum absolute atomic E-state index is 13.9. The van der Waals surface area contributed by atoms with Crippen LogP contribution in [0.25, 0.3) is 0 Å². The van der Waals surface area contributed by atoms with E-state index < -0.39 is 47.1 Å². The molecule has 0 bridgehead atoms. The summed E-state index contributed by atoms with van der Waals surface area (Å²) < 4.78 is 41.2. The molecule has 57 heavy (non-hydrogen) atoms. The number of piperidine rings is 1. The lowest BCUT2D eigenvalue weighted by Crippen LogP contribution is -2.50. The van der Waals surface area contributed by atoms with Crippen LogP contribution >= 0.6 is 27.5 Å². The van der Waals surface area contributed by atoms with E-state index in [9.17, 15) is 32.3 Å². The summed E-state index contributed by atoms with van der Waals surface area (Å²) in [4.78, 5) is 60.4. The average molecular weight is 870 g/mol. The summed E-state index contributed by atoms with van der Waals surface area (Å²) in [5, 5.41) is 14.2. The molecular weight excluding hydrogens is 829 g/mol. The average Bonchev–Trinajstić information content (AvgIpc) is 3.21. The molecule has 0 spiro atoms. The van der Waals surface area contributed by atoms with E-state index in [1.165, 1.54) is 18.2 Å². The SMILES string of the molecule is O=C(NCC(c1ccc(Cl)cc1)N1CCN(Cc2ccc(C(NC(=O)C(=O)Nc3ccc(F)c(F)c3)C3CCCCN3)nc2)CC1)C(=O)Nc1ccc(Br)c(F)c1. The number of hydrogen-bond acceptors (Lipinski definition) is 8. The van der Waals surface area contributed by atoms with Crippen molar-refractivity contribution in [3.05, 3.63) is 123 Å². The third-order valence-electron chi connectivity index (χ3n) is 9.94. The van der Waals surface area contributed by atoms with Crippen molar-refractivity contribution in [2.45, 2.75) is 43.9 Å². The van der Waals surface area contributed by atoms with Crippen molar-refractivity contribution >= 4 is 62.5 Å². The molecule has 300 valence electrons. The molecule has 3 unspecified atom stereocenters. The Hall–Kier alpha value is -4.87. The Balaban J connectivity index is 1.05. The molecular formula is C40H41BrClF3N8O4. The third-order valence-corrected chi connectivity index (χ3v) is 10.8. The van der Waals surface area contributed by atoms with Gasteiger partial charge in [0.05, 0.1) is 22.3 Å². The zero-order chi connectivity index (χ0) is 40.5. The zero-order valence-corrected chi connectivity index (χ0v) is 33.0. The van der Waals surface area contributed by atoms with Gasteiger partial charge in [0.2, 0.25) is 0 Å². The number of amides is 4. The van der Waals surface area contributed by atoms with Crippen molar-refractivity contribution in [1.82, 2.24) is 30.7 Å². The molecule has 4 aromatic rings. The molecule has 3 atom stereocenters. The maximum atomic E-state index is 13.9. The monoisotopic (exact) mass is 868 g/mol. The van der Waals surface area contributed by atoms with Crippen molar-refractivity contribution in [2.24, 2.45) is 0 Å². The van der Waals surface area contributed by atoms with E-state index >= 15 is 0 Å². The molecule has 0 saturated carbocycles. The summed E-state index contributed by atoms with van der Waals surface area (Å²) in [5.41, 5.74) is 2.54. The Bertz CT molecular complexity index is 2070. The standard InChI is InChI=1S/C40H41BrClF3N8O4/c41-29-11-9-27(19-31(29)44)49-38(55)37(54)48-22-35(25-5-7-26(42)8-6-25)53-17-15-52(16-18-53)23-24-4-13-34(47-21-24)36(33-3-1-2-14-46-33)51-40(57)39(56)50-28-10-12-30(43)32(45)20-28/h4-13,19-21,33,35-36,46H,1-3,14-18,22-23H2,(H,48,54)(H,49,55)(H,50,56)(H,51,57). The molecule has 4 amide bonds. The van der Waals surface area contributed by atoms with Crippen LogP contribution < -0.4 is 26.6 Å². The third kappa shape index (κ3) is 11.4. The molecule has 1 aromatic heterocycles. The molecule has 2 aliphatic heterocycles. The Morgan fingerprint density at radius 2 is 1.49 bits per heavy atom. The molecule has 2 saturated heterocycles. The van der Waals surface area contributed by atoms with Gasteiger partial charge in [-0.3, -0.25) is 34.0 Å². The van der Waals surface area contributed by atoms with Gasteiger partial charge < -0.3 is 26.6 Å². The molecule has 5 N–H and O–H groups in total. The number of carbonyl (C=O) groups is 4. The second-order valence-corrected chi connectivity index (χ2v) is 15.1. The van der Waals surface area contributed by atoms with E-state index in [4.69, 9.17) is 16.6 Å². The van der Waals surface area contributed by atoms with Gasteiger partial charge in [-0.05, 0) is 95.0 Å². The smallest absolute Gasteiger partial charge is 0.313 e. The van der Waals surface area contributed by atoms with Crippen molar-refractivity contribution in [3.63, 3.8) is 0 Å². The molecule has 3 heterocycles. The first-order valence-corrected chi connectivity index (χ1v) is 19.6. The minimum Gasteiger partial charge on any atom is -0.346 e. The van der Waals surface area contributed by atoms with Crippen molar-refractivity contribution in [2.75, 3.05) is 49.9 Å². The molecule has 12 nitrogen and oxygen atoms in total. The highest BCUT2D eigenvalue weighted by molar-refractivity contribution is 9.10. The molecule has 2 aliphatic rings. The van der Waals surface area contributed by atoms with Gasteiger partial charge in [-0.2, -0.15) is 0 Å². The highest BCUT2D eigenvalue weighted by Gasteiger charge is 2.30. The fourth-order valence-electron chi connectivity index (χ4n) is 6.89. The first-order valence-electron chi connectivity index (χ1n) is 18.4. The van der Waals surface area contributed by atoms with Crippen molar-refractivity contribution < 1.29 is 32.3 Å². The van der Waals surface area contributed by atoms with Gasteiger partial charge in [-0.1, -0.05) is 36.2 Å². The number of hydrogen-bond donors (Lipinski definition) is 5. The Morgan fingerprint density at radius 3 is 2.12 bits per heavy atom. The molecule has 0 radical (unpaired) electrons. The summed E-state index contributed by atoms with van der Waals surface area (Å²) in [6, 6.07) is 16.9. The topological polar surface area (TPSA) is 148 Å². The maximum Gasteiger partial charge on any atom is 0.313 e. The predicted octanol–water partition coefficient (Wildman–Crippen LogP) is 5.47. The van der Waals surface area contributed by atoms with Crippen molar-refractivity contribution in [1.29, 1.82) is 0 Å². The Kier molecular flexibility index (Phi) is 14.3. The van der Waals surface area contributed by atoms with E-state index in [-0.39, 0.29) is 34.5 Å². The Morgan fingerprint density at radius 1 is 0.807 bits per heavy atom. The van der Waals surface area contributed by atoms with Crippen LogP contribution in [-0.4, -0.2) is 83.7 Å². The summed E-state index contributed by atoms with van der Waals surface area (Å²) in [5.74, 6) is -6.49. The lowest BCUT2D eigenvalue weighted by Gasteiger charge is -2.39. The second kappa shape index (κ2) is 19.5. The summed E-state index contributed by atoms with van der Waals surface area (Å²) >= 11 is 9.23. The number of halogens is 5. The quantitative estimate of drug-likeness (QED) is 0.125. The minimum atomic E-state index is -1.15. The van der Waals surface area contributed by atoms with Crippen molar-refractivity contribution in [3.8, 4) is 0 Å². The number of carbonyl (C=O) groups excluding carboxylic acids is 4. The molecule has 3 aromatic carbocycles. The number of nitrogens with one attached hydrogen (secondary N) is 5. The normalized spacial score (nSPS) is 17.2. The first-order chi connectivity index (χ1) is 27.4. The first kappa shape index (κ1) is 41.8. The van der Waals surface area contributed by atoms with Gasteiger partial charge in [-0.25, -0.2) is 13.2 Å². The number of rotatable bonds is 11. The van der Waals surface area contributed by atoms with Gasteiger partial charge in [-0.15, -0.1) is 0 Å². The van der Waals surface area contributed by atoms with E-state index in [1.807, 2.05) is 24.3 Å². The fraction of sp³-hybridized carbons (Fsp3) is 0.325. The molecule has 2 fully saturated rings. The fourth-order valence-corrected chi connectivity index (χ4v) is 7.26. The van der Waals surface area contributed by atoms with Gasteiger partial charge >= 0.3 is 23.6 Å². The number of aromatic nitrogens is 1. The number of anilines is 2. The number of piperazine rings is 1. The van der Waals surface area contributed by atoms with Crippen LogP contribution in [-0.2, 0) is 25.7 Å². The van der Waals surface area contributed by atoms with Gasteiger partial charge in [0.1, 0.15) is 5.82 Å². The lowest BCUT2D eigenvalue weighted by atomic mass is 9.95. The lowest BCUT2D eigenvalue weighted by molar-refractivity contribution is -0.136. The molecule has 0 aliphatic carbocycles. The van der Waals surface area contributed by atoms with Crippen LogP contribution in [0.2, 0.25) is 5.02 Å². The van der Waals surface area contributed by atoms with Crippen LogP contribution in [0, 0.1) is 17.5 Å². The van der Waals surface area contributed by atoms with Gasteiger partial charge in [0.25, 0.3) is 0 Å². The molecule has 17 heteroatoms. The minimum absolute atomic E-state index is 0.0472. The highest BCUT2D eigenvalue weighted by Crippen LogP contribution is 2.26. The predicted molar refractivity (Wildman–Crippen MR) is 213 cm³/mol. The summed E-state index contributed by atoms with van der Waals surface area (Å²) in [6.45, 7) is 4.22. The second-order valence-electron chi connectivity index (χ2n) is 13.9. The van der Waals surface area contributed by atoms with Crippen LogP contribution in [0.4, 0.5) is 24.5 Å². The number of nitrogens with zero attached hydrogens (tertiary/aromatic N) is 3. The van der Waals surface area contributed by atoms with Crippen LogP contribution in [0.3, 0.4) is 0 Å². The Labute approximate surface area is 341 Å². The van der Waals surface area contributed by atoms with Crippen LogP contribution in [0.5, 0.6) is 0 Å². The summed E-state index contributed by atoms with van der Waals surface area (Å²) in [7, 11) is 0. The highest BCUT2D eigenvalue weighted by atomic mass is 79.9. The number of pyridine rings is 1. The van der Waals surface area contributed by atoms with Crippen LogP contribution in [0.15, 0.2) is 83.5 Å². The summed E-state index contributed by atoms with van der Waals surface area (Å²) in [6.07, 6.45) is 4.43.